The summed E-state index contributed by atoms with van der Waals surface area (Å²) in [4.78, 5) is 0. The number of hydrogen-bond acceptors (Lipinski definition) is 1. The van der Waals surface area contributed by atoms with Crippen molar-refractivity contribution in [2.24, 2.45) is 0 Å². The fourth-order valence-corrected chi connectivity index (χ4v) is 2.77. The van der Waals surface area contributed by atoms with E-state index in [-0.39, 0.29) is 0 Å². The zero-order valence-corrected chi connectivity index (χ0v) is 12.1. The second-order valence-corrected chi connectivity index (χ2v) is 5.43. The Balaban J connectivity index is 2.28. The lowest BCUT2D eigenvalue weighted by atomic mass is 9.89. The largest absolute Gasteiger partial charge is 0.307 e. The van der Waals surface area contributed by atoms with Gasteiger partial charge >= 0.3 is 0 Å². The molecule has 0 bridgehead atoms. The number of rotatable bonds is 4. The van der Waals surface area contributed by atoms with E-state index in [4.69, 9.17) is 11.6 Å². The van der Waals surface area contributed by atoms with Crippen molar-refractivity contribution in [1.82, 2.24) is 5.32 Å². The molecule has 0 heterocycles. The van der Waals surface area contributed by atoms with E-state index in [1.54, 1.807) is 0 Å². The second-order valence-electron chi connectivity index (χ2n) is 5.02. The highest BCUT2D eigenvalue weighted by molar-refractivity contribution is 6.31. The summed E-state index contributed by atoms with van der Waals surface area (Å²) in [6.45, 7) is 5.19. The van der Waals surface area contributed by atoms with E-state index < -0.39 is 0 Å². The molecule has 0 aromatic heterocycles. The van der Waals surface area contributed by atoms with E-state index in [0.717, 1.165) is 17.1 Å². The summed E-state index contributed by atoms with van der Waals surface area (Å²) in [5.74, 6) is 0. The Morgan fingerprint density at radius 2 is 2.17 bits per heavy atom. The van der Waals surface area contributed by atoms with E-state index in [9.17, 15) is 0 Å². The third kappa shape index (κ3) is 3.15. The lowest BCUT2D eigenvalue weighted by Crippen LogP contribution is -2.23. The van der Waals surface area contributed by atoms with Crippen LogP contribution in [-0.4, -0.2) is 6.54 Å². The molecule has 18 heavy (non-hydrogen) atoms. The first-order chi connectivity index (χ1) is 8.72. The highest BCUT2D eigenvalue weighted by Crippen LogP contribution is 2.31. The van der Waals surface area contributed by atoms with Gasteiger partial charge in [-0.25, -0.2) is 0 Å². The van der Waals surface area contributed by atoms with Gasteiger partial charge in [-0.1, -0.05) is 42.3 Å². The average molecular weight is 264 g/mol. The van der Waals surface area contributed by atoms with Gasteiger partial charge in [0.05, 0.1) is 6.04 Å². The average Bonchev–Trinajstić information content (AvgIpc) is 2.40. The maximum Gasteiger partial charge on any atom is 0.0536 e. The summed E-state index contributed by atoms with van der Waals surface area (Å²) in [5.41, 5.74) is 3.97. The molecule has 1 atom stereocenters. The van der Waals surface area contributed by atoms with E-state index in [1.165, 1.54) is 36.8 Å². The lowest BCUT2D eigenvalue weighted by molar-refractivity contribution is 0.564. The van der Waals surface area contributed by atoms with Crippen LogP contribution in [0.15, 0.2) is 29.8 Å². The molecule has 1 unspecified atom stereocenters. The Kier molecular flexibility index (Phi) is 4.85. The summed E-state index contributed by atoms with van der Waals surface area (Å²) in [6, 6.07) is 6.77. The van der Waals surface area contributed by atoms with E-state index in [0.29, 0.717) is 6.04 Å². The summed E-state index contributed by atoms with van der Waals surface area (Å²) >= 11 is 6.25. The SMILES string of the molecule is CCNC(C1=CCCCC1)c1ccc(C)c(Cl)c1. The molecular weight excluding hydrogens is 242 g/mol. The van der Waals surface area contributed by atoms with Gasteiger partial charge in [0, 0.05) is 5.02 Å². The van der Waals surface area contributed by atoms with Crippen LogP contribution in [0.1, 0.15) is 49.8 Å². The fourth-order valence-electron chi connectivity index (χ4n) is 2.58. The van der Waals surface area contributed by atoms with Crippen LogP contribution in [0, 0.1) is 6.92 Å². The van der Waals surface area contributed by atoms with Crippen LogP contribution in [-0.2, 0) is 0 Å². The smallest absolute Gasteiger partial charge is 0.0536 e. The quantitative estimate of drug-likeness (QED) is 0.770. The molecule has 0 saturated carbocycles. The highest BCUT2D eigenvalue weighted by Gasteiger charge is 2.17. The molecule has 0 spiro atoms. The molecule has 0 radical (unpaired) electrons. The van der Waals surface area contributed by atoms with Crippen LogP contribution in [0.2, 0.25) is 5.02 Å². The first kappa shape index (κ1) is 13.6. The van der Waals surface area contributed by atoms with Crippen molar-refractivity contribution < 1.29 is 0 Å². The van der Waals surface area contributed by atoms with Crippen molar-refractivity contribution in [1.29, 1.82) is 0 Å². The van der Waals surface area contributed by atoms with Crippen molar-refractivity contribution in [2.45, 2.75) is 45.6 Å². The number of hydrogen-bond donors (Lipinski definition) is 1. The number of aryl methyl sites for hydroxylation is 1. The van der Waals surface area contributed by atoms with Crippen LogP contribution < -0.4 is 5.32 Å². The Labute approximate surface area is 115 Å². The Bertz CT molecular complexity index is 437. The van der Waals surface area contributed by atoms with Gasteiger partial charge in [0.15, 0.2) is 0 Å². The molecular formula is C16H22ClN. The molecule has 98 valence electrons. The number of nitrogens with one attached hydrogen (secondary N) is 1. The van der Waals surface area contributed by atoms with Crippen molar-refractivity contribution in [3.8, 4) is 0 Å². The summed E-state index contributed by atoms with van der Waals surface area (Å²) in [6.07, 6.45) is 7.48. The van der Waals surface area contributed by atoms with Crippen LogP contribution in [0.4, 0.5) is 0 Å². The first-order valence-corrected chi connectivity index (χ1v) is 7.28. The van der Waals surface area contributed by atoms with Gasteiger partial charge in [0.25, 0.3) is 0 Å². The first-order valence-electron chi connectivity index (χ1n) is 6.90. The van der Waals surface area contributed by atoms with Crippen LogP contribution in [0.25, 0.3) is 0 Å². The molecule has 1 aromatic carbocycles. The molecule has 1 N–H and O–H groups in total. The Morgan fingerprint density at radius 1 is 1.33 bits per heavy atom. The maximum absolute atomic E-state index is 6.25. The van der Waals surface area contributed by atoms with Crippen LogP contribution in [0.5, 0.6) is 0 Å². The van der Waals surface area contributed by atoms with Gasteiger partial charge in [-0.2, -0.15) is 0 Å². The highest BCUT2D eigenvalue weighted by atomic mass is 35.5. The molecule has 0 saturated heterocycles. The monoisotopic (exact) mass is 263 g/mol. The standard InChI is InChI=1S/C16H22ClN/c1-3-18-16(13-7-5-4-6-8-13)14-10-9-12(2)15(17)11-14/h7,9-11,16,18H,3-6,8H2,1-2H3. The third-order valence-electron chi connectivity index (χ3n) is 3.63. The van der Waals surface area contributed by atoms with Crippen molar-refractivity contribution >= 4 is 11.6 Å². The molecule has 0 fully saturated rings. The van der Waals surface area contributed by atoms with Crippen LogP contribution in [0.3, 0.4) is 0 Å². The zero-order chi connectivity index (χ0) is 13.0. The van der Waals surface area contributed by atoms with Crippen molar-refractivity contribution in [3.63, 3.8) is 0 Å². The molecule has 2 rings (SSSR count). The molecule has 1 aromatic rings. The van der Waals surface area contributed by atoms with Gasteiger partial charge < -0.3 is 5.32 Å². The van der Waals surface area contributed by atoms with Gasteiger partial charge in [-0.05, 0) is 56.3 Å². The number of benzene rings is 1. The Hall–Kier alpha value is -0.790. The maximum atomic E-state index is 6.25. The lowest BCUT2D eigenvalue weighted by Gasteiger charge is -2.25. The molecule has 1 aliphatic rings. The second kappa shape index (κ2) is 6.40. The molecule has 1 aliphatic carbocycles. The van der Waals surface area contributed by atoms with Crippen molar-refractivity contribution in [3.05, 3.63) is 46.0 Å². The predicted octanol–water partition coefficient (Wildman–Crippen LogP) is 4.80. The van der Waals surface area contributed by atoms with E-state index >= 15 is 0 Å². The molecule has 0 aliphatic heterocycles. The van der Waals surface area contributed by atoms with Gasteiger partial charge in [-0.15, -0.1) is 0 Å². The molecule has 1 nitrogen and oxygen atoms in total. The van der Waals surface area contributed by atoms with Gasteiger partial charge in [-0.3, -0.25) is 0 Å². The number of allylic oxidation sites excluding steroid dienone is 1. The van der Waals surface area contributed by atoms with E-state index in [2.05, 4.69) is 36.5 Å². The summed E-state index contributed by atoms with van der Waals surface area (Å²) in [7, 11) is 0. The zero-order valence-electron chi connectivity index (χ0n) is 11.3. The topological polar surface area (TPSA) is 12.0 Å². The minimum atomic E-state index is 0.341. The molecule has 0 amide bonds. The summed E-state index contributed by atoms with van der Waals surface area (Å²) < 4.78 is 0. The minimum Gasteiger partial charge on any atom is -0.307 e. The fraction of sp³-hybridized carbons (Fsp3) is 0.500. The van der Waals surface area contributed by atoms with Crippen LogP contribution >= 0.6 is 11.6 Å². The normalized spacial score (nSPS) is 17.4. The minimum absolute atomic E-state index is 0.341. The van der Waals surface area contributed by atoms with Gasteiger partial charge in [0.2, 0.25) is 0 Å². The van der Waals surface area contributed by atoms with Crippen molar-refractivity contribution in [2.75, 3.05) is 6.54 Å². The third-order valence-corrected chi connectivity index (χ3v) is 4.04. The van der Waals surface area contributed by atoms with Gasteiger partial charge in [0.1, 0.15) is 0 Å². The van der Waals surface area contributed by atoms with E-state index in [1.807, 2.05) is 6.92 Å². The summed E-state index contributed by atoms with van der Waals surface area (Å²) in [5, 5.41) is 4.46. The number of halogens is 1. The molecule has 2 heteroatoms. The Morgan fingerprint density at radius 3 is 2.78 bits per heavy atom. The predicted molar refractivity (Wildman–Crippen MR) is 79.2 cm³/mol. The number of likely N-dealkylation sites (N-methyl/N-ethyl adjacent to an activating group) is 1.